The number of amides is 1. The van der Waals surface area contributed by atoms with Gasteiger partial charge in [-0.2, -0.15) is 0 Å². The minimum atomic E-state index is -0.593. The van der Waals surface area contributed by atoms with E-state index in [1.807, 2.05) is 13.8 Å². The largest absolute Gasteiger partial charge is 0.506 e. The first-order valence-electron chi connectivity index (χ1n) is 9.26. The summed E-state index contributed by atoms with van der Waals surface area (Å²) in [5.74, 6) is -0.545. The maximum atomic E-state index is 13.2. The van der Waals surface area contributed by atoms with Gasteiger partial charge < -0.3 is 10.4 Å². The van der Waals surface area contributed by atoms with Crippen LogP contribution in [0.5, 0.6) is 5.75 Å². The number of thiophene rings is 1. The number of nitrogens with zero attached hydrogens (tertiary/aromatic N) is 2. The molecule has 4 rings (SSSR count). The van der Waals surface area contributed by atoms with Gasteiger partial charge in [-0.05, 0) is 49.7 Å². The molecule has 0 saturated carbocycles. The molecule has 0 radical (unpaired) electrons. The smallest absolute Gasteiger partial charge is 0.337 e. The number of benzene rings is 2. The van der Waals surface area contributed by atoms with Crippen molar-refractivity contribution in [2.45, 2.75) is 20.4 Å². The van der Waals surface area contributed by atoms with E-state index in [1.54, 1.807) is 48.5 Å². The highest BCUT2D eigenvalue weighted by Gasteiger charge is 2.19. The summed E-state index contributed by atoms with van der Waals surface area (Å²) >= 11 is 1.29. The summed E-state index contributed by atoms with van der Waals surface area (Å²) in [5.41, 5.74) is 0.559. The van der Waals surface area contributed by atoms with E-state index in [9.17, 15) is 19.5 Å². The molecule has 0 aliphatic heterocycles. The molecule has 0 fully saturated rings. The van der Waals surface area contributed by atoms with Gasteiger partial charge in [0.25, 0.3) is 5.56 Å². The van der Waals surface area contributed by atoms with Crippen LogP contribution in [0.25, 0.3) is 15.9 Å². The molecular formula is C22H19N3O4S. The first-order valence-corrected chi connectivity index (χ1v) is 10.1. The third-order valence-corrected chi connectivity index (χ3v) is 5.75. The number of phenols is 1. The number of anilines is 1. The van der Waals surface area contributed by atoms with Gasteiger partial charge >= 0.3 is 5.69 Å². The molecule has 152 valence electrons. The molecular weight excluding hydrogens is 402 g/mol. The number of nitrogens with one attached hydrogen (secondary N) is 1. The summed E-state index contributed by atoms with van der Waals surface area (Å²) in [6, 6.07) is 15.2. The van der Waals surface area contributed by atoms with Crippen molar-refractivity contribution < 1.29 is 9.90 Å². The van der Waals surface area contributed by atoms with Gasteiger partial charge in [-0.1, -0.05) is 24.3 Å². The molecule has 0 aliphatic rings. The molecule has 0 spiro atoms. The zero-order chi connectivity index (χ0) is 21.4. The summed E-state index contributed by atoms with van der Waals surface area (Å²) < 4.78 is 2.37. The molecule has 8 heteroatoms. The highest BCUT2D eigenvalue weighted by atomic mass is 32.1. The maximum Gasteiger partial charge on any atom is 0.337 e. The van der Waals surface area contributed by atoms with Crippen LogP contribution >= 0.6 is 11.3 Å². The molecule has 7 nitrogen and oxygen atoms in total. The Bertz CT molecular complexity index is 1380. The second-order valence-electron chi connectivity index (χ2n) is 6.99. The normalized spacial score (nSPS) is 11.0. The molecule has 0 saturated heterocycles. The van der Waals surface area contributed by atoms with Crippen LogP contribution in [-0.4, -0.2) is 20.1 Å². The van der Waals surface area contributed by atoms with Crippen LogP contribution in [0.2, 0.25) is 0 Å². The summed E-state index contributed by atoms with van der Waals surface area (Å²) in [5, 5.41) is 13.0. The number of aromatic nitrogens is 2. The molecule has 0 unspecified atom stereocenters. The lowest BCUT2D eigenvalue weighted by Gasteiger charge is -2.13. The summed E-state index contributed by atoms with van der Waals surface area (Å²) in [6.45, 7) is 3.39. The standard InChI is InChI=1S/C22H19N3O4S/c1-13-8-9-18(26)17(10-13)23-19(27)12-24-21-16(11-14(2)30-21)20(28)25(22(24)29)15-6-4-3-5-7-15/h3-11,26H,12H2,1-2H3,(H,23,27). The van der Waals surface area contributed by atoms with E-state index in [1.165, 1.54) is 22.0 Å². The minimum Gasteiger partial charge on any atom is -0.506 e. The van der Waals surface area contributed by atoms with Crippen LogP contribution in [0, 0.1) is 13.8 Å². The Hall–Kier alpha value is -3.65. The quantitative estimate of drug-likeness (QED) is 0.495. The van der Waals surface area contributed by atoms with Crippen molar-refractivity contribution >= 4 is 33.1 Å². The second-order valence-corrected chi connectivity index (χ2v) is 8.22. The number of phenolic OH excluding ortho intramolecular Hbond substituents is 1. The number of aromatic hydroxyl groups is 1. The minimum absolute atomic E-state index is 0.0623. The van der Waals surface area contributed by atoms with Crippen LogP contribution in [0.4, 0.5) is 5.69 Å². The summed E-state index contributed by atoms with van der Waals surface area (Å²) in [6.07, 6.45) is 0. The van der Waals surface area contributed by atoms with Crippen LogP contribution in [0.1, 0.15) is 10.4 Å². The molecule has 1 amide bonds. The van der Waals surface area contributed by atoms with Crippen molar-refractivity contribution in [1.29, 1.82) is 0 Å². The third kappa shape index (κ3) is 3.53. The fourth-order valence-electron chi connectivity index (χ4n) is 3.30. The Morgan fingerprint density at radius 1 is 1.07 bits per heavy atom. The van der Waals surface area contributed by atoms with Crippen LogP contribution < -0.4 is 16.6 Å². The molecule has 0 aliphatic carbocycles. The Morgan fingerprint density at radius 2 is 1.80 bits per heavy atom. The molecule has 2 aromatic heterocycles. The first-order chi connectivity index (χ1) is 14.3. The van der Waals surface area contributed by atoms with Crippen molar-refractivity contribution in [3.8, 4) is 11.4 Å². The van der Waals surface area contributed by atoms with Crippen molar-refractivity contribution in [3.05, 3.63) is 85.9 Å². The van der Waals surface area contributed by atoms with Gasteiger partial charge in [0.05, 0.1) is 16.8 Å². The fourth-order valence-corrected chi connectivity index (χ4v) is 4.29. The van der Waals surface area contributed by atoms with Gasteiger partial charge in [-0.3, -0.25) is 14.2 Å². The molecule has 0 atom stereocenters. The lowest BCUT2D eigenvalue weighted by atomic mass is 10.2. The van der Waals surface area contributed by atoms with Gasteiger partial charge in [0.1, 0.15) is 17.1 Å². The molecule has 2 N–H and O–H groups in total. The first kappa shape index (κ1) is 19.7. The van der Waals surface area contributed by atoms with E-state index < -0.39 is 17.2 Å². The number of rotatable bonds is 4. The van der Waals surface area contributed by atoms with E-state index >= 15 is 0 Å². The second kappa shape index (κ2) is 7.64. The molecule has 2 heterocycles. The number of fused-ring (bicyclic) bond motifs is 1. The van der Waals surface area contributed by atoms with Gasteiger partial charge in [0.2, 0.25) is 5.91 Å². The summed E-state index contributed by atoms with van der Waals surface area (Å²) in [7, 11) is 0. The lowest BCUT2D eigenvalue weighted by Crippen LogP contribution is -2.40. The number of carbonyl (C=O) groups excluding carboxylic acids is 1. The van der Waals surface area contributed by atoms with Crippen molar-refractivity contribution in [3.63, 3.8) is 0 Å². The molecule has 0 bridgehead atoms. The van der Waals surface area contributed by atoms with E-state index in [4.69, 9.17) is 0 Å². The topological polar surface area (TPSA) is 93.3 Å². The average molecular weight is 421 g/mol. The van der Waals surface area contributed by atoms with Gasteiger partial charge in [0, 0.05) is 4.88 Å². The SMILES string of the molecule is Cc1ccc(O)c(NC(=O)Cn2c(=O)n(-c3ccccc3)c(=O)c3cc(C)sc32)c1. The van der Waals surface area contributed by atoms with E-state index in [0.29, 0.717) is 15.9 Å². The predicted octanol–water partition coefficient (Wildman–Crippen LogP) is 3.18. The molecule has 2 aromatic carbocycles. The average Bonchev–Trinajstić information content (AvgIpc) is 3.11. The highest BCUT2D eigenvalue weighted by molar-refractivity contribution is 7.18. The third-order valence-electron chi connectivity index (χ3n) is 4.68. The zero-order valence-electron chi connectivity index (χ0n) is 16.4. The molecule has 4 aromatic rings. The van der Waals surface area contributed by atoms with Crippen LogP contribution in [0.15, 0.2) is 64.2 Å². The van der Waals surface area contributed by atoms with Crippen molar-refractivity contribution in [2.75, 3.05) is 5.32 Å². The molecule has 30 heavy (non-hydrogen) atoms. The monoisotopic (exact) mass is 421 g/mol. The van der Waals surface area contributed by atoms with Gasteiger partial charge in [0.15, 0.2) is 0 Å². The maximum absolute atomic E-state index is 13.2. The number of hydrogen-bond acceptors (Lipinski definition) is 5. The number of carbonyl (C=O) groups is 1. The Labute approximate surface area is 175 Å². The number of aryl methyl sites for hydroxylation is 2. The van der Waals surface area contributed by atoms with Crippen LogP contribution in [-0.2, 0) is 11.3 Å². The van der Waals surface area contributed by atoms with E-state index in [-0.39, 0.29) is 18.0 Å². The Balaban J connectivity index is 1.82. The summed E-state index contributed by atoms with van der Waals surface area (Å²) in [4.78, 5) is 40.2. The van der Waals surface area contributed by atoms with Crippen molar-refractivity contribution in [1.82, 2.24) is 9.13 Å². The Kier molecular flexibility index (Phi) is 5.01. The zero-order valence-corrected chi connectivity index (χ0v) is 17.2. The fraction of sp³-hybridized carbons (Fsp3) is 0.136. The highest BCUT2D eigenvalue weighted by Crippen LogP contribution is 2.25. The Morgan fingerprint density at radius 3 is 2.53 bits per heavy atom. The van der Waals surface area contributed by atoms with Crippen LogP contribution in [0.3, 0.4) is 0 Å². The number of hydrogen-bond donors (Lipinski definition) is 2. The predicted molar refractivity (Wildman–Crippen MR) is 118 cm³/mol. The van der Waals surface area contributed by atoms with E-state index in [2.05, 4.69) is 5.32 Å². The number of para-hydroxylation sites is 1. The van der Waals surface area contributed by atoms with Gasteiger partial charge in [-0.25, -0.2) is 9.36 Å². The lowest BCUT2D eigenvalue weighted by molar-refractivity contribution is -0.116. The van der Waals surface area contributed by atoms with Gasteiger partial charge in [-0.15, -0.1) is 11.3 Å². The van der Waals surface area contributed by atoms with Crippen molar-refractivity contribution in [2.24, 2.45) is 0 Å². The van der Waals surface area contributed by atoms with E-state index in [0.717, 1.165) is 15.0 Å².